The van der Waals surface area contributed by atoms with Gasteiger partial charge in [-0.15, -0.1) is 0 Å². The molecule has 0 aromatic heterocycles. The van der Waals surface area contributed by atoms with E-state index in [0.717, 1.165) is 44.6 Å². The van der Waals surface area contributed by atoms with Crippen molar-refractivity contribution >= 4 is 29.3 Å². The van der Waals surface area contributed by atoms with E-state index < -0.39 is 11.5 Å². The summed E-state index contributed by atoms with van der Waals surface area (Å²) in [6.45, 7) is 11.7. The number of carbonyl (C=O) groups is 3. The monoisotopic (exact) mass is 585 g/mol. The van der Waals surface area contributed by atoms with Gasteiger partial charge in [0.2, 0.25) is 17.7 Å². The molecule has 4 saturated heterocycles. The third-order valence-electron chi connectivity index (χ3n) is 9.84. The number of hydrogen-bond acceptors (Lipinski definition) is 5. The molecule has 2 N–H and O–H groups in total. The summed E-state index contributed by atoms with van der Waals surface area (Å²) in [5.74, 6) is 0.371. The molecule has 5 fully saturated rings. The zero-order chi connectivity index (χ0) is 29.2. The highest BCUT2D eigenvalue weighted by Crippen LogP contribution is 2.46. The van der Waals surface area contributed by atoms with Crippen molar-refractivity contribution in [1.29, 1.82) is 0 Å². The number of piperazine rings is 3. The van der Waals surface area contributed by atoms with E-state index in [0.29, 0.717) is 49.8 Å². The van der Waals surface area contributed by atoms with E-state index in [1.54, 1.807) is 0 Å². The van der Waals surface area contributed by atoms with Gasteiger partial charge in [-0.2, -0.15) is 0 Å². The fourth-order valence-corrected chi connectivity index (χ4v) is 7.60. The van der Waals surface area contributed by atoms with Crippen LogP contribution >= 0.6 is 11.6 Å². The van der Waals surface area contributed by atoms with Crippen molar-refractivity contribution in [3.05, 3.63) is 34.9 Å². The Balaban J connectivity index is 1.31. The molecule has 3 amide bonds. The topological polar surface area (TPSA) is 85.0 Å². The van der Waals surface area contributed by atoms with Crippen molar-refractivity contribution < 1.29 is 14.4 Å². The average Bonchev–Trinajstić information content (AvgIpc) is 2.97. The van der Waals surface area contributed by atoms with Crippen molar-refractivity contribution in [2.24, 2.45) is 11.3 Å². The second-order valence-corrected chi connectivity index (χ2v) is 14.2. The van der Waals surface area contributed by atoms with Gasteiger partial charge in [-0.3, -0.25) is 24.2 Å². The fourth-order valence-electron chi connectivity index (χ4n) is 7.48. The Morgan fingerprint density at radius 1 is 0.951 bits per heavy atom. The molecule has 226 valence electrons. The largest absolute Gasteiger partial charge is 0.351 e. The molecule has 0 radical (unpaired) electrons. The Hall–Kier alpha value is -2.16. The van der Waals surface area contributed by atoms with Gasteiger partial charge in [0.15, 0.2) is 0 Å². The van der Waals surface area contributed by atoms with Crippen LogP contribution in [0.4, 0.5) is 0 Å². The van der Waals surface area contributed by atoms with E-state index >= 15 is 0 Å². The summed E-state index contributed by atoms with van der Waals surface area (Å²) >= 11 is 6.12. The van der Waals surface area contributed by atoms with Crippen molar-refractivity contribution in [1.82, 2.24) is 25.3 Å². The summed E-state index contributed by atoms with van der Waals surface area (Å²) in [4.78, 5) is 47.9. The summed E-state index contributed by atoms with van der Waals surface area (Å²) in [7, 11) is 0. The van der Waals surface area contributed by atoms with Gasteiger partial charge in [-0.25, -0.2) is 0 Å². The van der Waals surface area contributed by atoms with Crippen LogP contribution in [0, 0.1) is 11.3 Å². The number of benzene rings is 1. The minimum atomic E-state index is -0.661. The molecule has 1 aromatic rings. The third-order valence-corrected chi connectivity index (χ3v) is 10.1. The summed E-state index contributed by atoms with van der Waals surface area (Å²) < 4.78 is 0. The molecule has 9 heteroatoms. The number of hydrogen-bond donors (Lipinski definition) is 2. The van der Waals surface area contributed by atoms with E-state index in [1.165, 1.54) is 19.3 Å². The fraction of sp³-hybridized carbons (Fsp3) is 0.719. The lowest BCUT2D eigenvalue weighted by atomic mass is 9.63. The molecule has 4 aliphatic heterocycles. The zero-order valence-corrected chi connectivity index (χ0v) is 25.8. The van der Waals surface area contributed by atoms with Gasteiger partial charge in [0.05, 0.1) is 5.41 Å². The van der Waals surface area contributed by atoms with Gasteiger partial charge in [0, 0.05) is 62.8 Å². The Labute approximate surface area is 250 Å². The molecule has 41 heavy (non-hydrogen) atoms. The van der Waals surface area contributed by atoms with Crippen LogP contribution in [0.25, 0.3) is 0 Å². The number of piperidine rings is 1. The standard InChI is InChI=1S/C32H48ClN5O3/c1-31(2,3)35-30(41)32(24-7-5-4-6-8-24)13-15-38(16-14-32)29(40)26(21-23-9-11-25(33)12-10-23)34-28(39)27-22-36-17-19-37(27)20-18-36/h9-12,24,26-27H,4-8,13-22H2,1-3H3,(H,34,39)(H,35,41)/t26-,27?/m1/s1. The van der Waals surface area contributed by atoms with Gasteiger partial charge in [-0.05, 0) is 70.1 Å². The highest BCUT2D eigenvalue weighted by molar-refractivity contribution is 6.30. The van der Waals surface area contributed by atoms with E-state index in [-0.39, 0.29) is 29.3 Å². The smallest absolute Gasteiger partial charge is 0.245 e. The Kier molecular flexibility index (Phi) is 9.31. The number of amides is 3. The minimum absolute atomic E-state index is 0.0574. The van der Waals surface area contributed by atoms with Crippen LogP contribution in [0.3, 0.4) is 0 Å². The first kappa shape index (κ1) is 30.3. The first-order chi connectivity index (χ1) is 19.5. The van der Waals surface area contributed by atoms with Crippen molar-refractivity contribution in [3.63, 3.8) is 0 Å². The van der Waals surface area contributed by atoms with Gasteiger partial charge >= 0.3 is 0 Å². The van der Waals surface area contributed by atoms with Crippen LogP contribution < -0.4 is 10.6 Å². The predicted octanol–water partition coefficient (Wildman–Crippen LogP) is 3.47. The van der Waals surface area contributed by atoms with Crippen LogP contribution in [0.2, 0.25) is 5.02 Å². The lowest BCUT2D eigenvalue weighted by molar-refractivity contribution is -0.148. The maximum atomic E-state index is 14.1. The molecule has 0 spiro atoms. The second-order valence-electron chi connectivity index (χ2n) is 13.8. The highest BCUT2D eigenvalue weighted by Gasteiger charge is 2.49. The normalized spacial score (nSPS) is 27.2. The number of nitrogens with zero attached hydrogens (tertiary/aromatic N) is 3. The van der Waals surface area contributed by atoms with Crippen LogP contribution in [-0.4, -0.2) is 95.9 Å². The average molecular weight is 586 g/mol. The molecule has 1 saturated carbocycles. The van der Waals surface area contributed by atoms with Gasteiger partial charge in [-0.1, -0.05) is 43.0 Å². The quantitative estimate of drug-likeness (QED) is 0.512. The first-order valence-electron chi connectivity index (χ1n) is 15.7. The molecular formula is C32H48ClN5O3. The number of carbonyl (C=O) groups excluding carboxylic acids is 3. The number of likely N-dealkylation sites (tertiary alicyclic amines) is 1. The van der Waals surface area contributed by atoms with E-state index in [4.69, 9.17) is 11.6 Å². The van der Waals surface area contributed by atoms with Gasteiger partial charge < -0.3 is 15.5 Å². The van der Waals surface area contributed by atoms with Crippen molar-refractivity contribution in [3.8, 4) is 0 Å². The number of nitrogens with one attached hydrogen (secondary N) is 2. The summed E-state index contributed by atoms with van der Waals surface area (Å²) in [6.07, 6.45) is 7.47. The molecule has 1 aliphatic carbocycles. The summed E-state index contributed by atoms with van der Waals surface area (Å²) in [6, 6.07) is 6.62. The predicted molar refractivity (Wildman–Crippen MR) is 162 cm³/mol. The molecule has 4 heterocycles. The third kappa shape index (κ3) is 7.08. The SMILES string of the molecule is CC(C)(C)NC(=O)C1(C2CCCCC2)CCN(C(=O)[C@@H](Cc2ccc(Cl)cc2)NC(=O)C2CN3CCN2CC3)CC1. The first-order valence-corrected chi connectivity index (χ1v) is 16.0. The second kappa shape index (κ2) is 12.6. The van der Waals surface area contributed by atoms with Crippen molar-refractivity contribution in [2.45, 2.75) is 89.8 Å². The Morgan fingerprint density at radius 3 is 2.15 bits per heavy atom. The van der Waals surface area contributed by atoms with Crippen molar-refractivity contribution in [2.75, 3.05) is 45.8 Å². The Bertz CT molecular complexity index is 1080. The number of halogens is 1. The van der Waals surface area contributed by atoms with Crippen LogP contribution in [0.5, 0.6) is 0 Å². The molecule has 8 nitrogen and oxygen atoms in total. The summed E-state index contributed by atoms with van der Waals surface area (Å²) in [5, 5.41) is 7.09. The van der Waals surface area contributed by atoms with E-state index in [9.17, 15) is 14.4 Å². The van der Waals surface area contributed by atoms with Crippen LogP contribution in [0.15, 0.2) is 24.3 Å². The molecular weight excluding hydrogens is 538 g/mol. The van der Waals surface area contributed by atoms with Gasteiger partial charge in [0.25, 0.3) is 0 Å². The molecule has 5 aliphatic rings. The Morgan fingerprint density at radius 2 is 1.59 bits per heavy atom. The molecule has 1 aromatic carbocycles. The maximum absolute atomic E-state index is 14.1. The molecule has 6 rings (SSSR count). The molecule has 2 atom stereocenters. The van der Waals surface area contributed by atoms with E-state index in [2.05, 4.69) is 20.4 Å². The lowest BCUT2D eigenvalue weighted by Gasteiger charge is -2.48. The molecule has 1 unspecified atom stereocenters. The van der Waals surface area contributed by atoms with Gasteiger partial charge in [0.1, 0.15) is 12.1 Å². The highest BCUT2D eigenvalue weighted by atomic mass is 35.5. The van der Waals surface area contributed by atoms with Crippen LogP contribution in [0.1, 0.15) is 71.3 Å². The lowest BCUT2D eigenvalue weighted by Crippen LogP contribution is -2.66. The molecule has 2 bridgehead atoms. The van der Waals surface area contributed by atoms with E-state index in [1.807, 2.05) is 49.9 Å². The zero-order valence-electron chi connectivity index (χ0n) is 25.1. The van der Waals surface area contributed by atoms with Crippen LogP contribution in [-0.2, 0) is 20.8 Å². The summed E-state index contributed by atoms with van der Waals surface area (Å²) in [5.41, 5.74) is 0.216. The number of rotatable bonds is 7. The minimum Gasteiger partial charge on any atom is -0.351 e. The maximum Gasteiger partial charge on any atom is 0.245 e. The number of fused-ring (bicyclic) bond motifs is 3.